The molecule has 2 aromatic carbocycles. The average Bonchev–Trinajstić information content (AvgIpc) is 3.38. The van der Waals surface area contributed by atoms with Crippen molar-refractivity contribution in [3.8, 4) is 22.8 Å². The molecule has 0 aliphatic rings. The van der Waals surface area contributed by atoms with Crippen molar-refractivity contribution >= 4 is 45.2 Å². The largest absolute Gasteiger partial charge is 0.497 e. The quantitative estimate of drug-likeness (QED) is 0.417. The van der Waals surface area contributed by atoms with Gasteiger partial charge in [-0.3, -0.25) is 4.79 Å². The maximum atomic E-state index is 12.8. The van der Waals surface area contributed by atoms with Crippen molar-refractivity contribution in [3.63, 3.8) is 0 Å². The molecule has 1 amide bonds. The normalized spacial score (nSPS) is 10.9. The van der Waals surface area contributed by atoms with Crippen LogP contribution in [0.1, 0.15) is 5.82 Å². The number of nitrogens with zero attached hydrogens (tertiary/aromatic N) is 3. The molecular weight excluding hydrogens is 432 g/mol. The number of nitrogens with one attached hydrogen (secondary N) is 1. The smallest absolute Gasteiger partial charge is 0.246 e. The van der Waals surface area contributed by atoms with E-state index in [0.717, 1.165) is 33.9 Å². The van der Waals surface area contributed by atoms with Crippen molar-refractivity contribution in [1.29, 1.82) is 0 Å². The Morgan fingerprint density at radius 2 is 2.00 bits per heavy atom. The number of hydrogen-bond acceptors (Lipinski definition) is 7. The lowest BCUT2D eigenvalue weighted by atomic mass is 10.1. The van der Waals surface area contributed by atoms with Crippen LogP contribution in [-0.4, -0.2) is 40.9 Å². The summed E-state index contributed by atoms with van der Waals surface area (Å²) in [6.45, 7) is 0.178. The molecule has 7 nitrogen and oxygen atoms in total. The Balaban J connectivity index is 1.53. The summed E-state index contributed by atoms with van der Waals surface area (Å²) in [6.07, 6.45) is 2.02. The van der Waals surface area contributed by atoms with Crippen LogP contribution in [0, 0.1) is 0 Å². The van der Waals surface area contributed by atoms with Crippen LogP contribution < -0.4 is 14.8 Å². The Bertz CT molecular complexity index is 1220. The maximum Gasteiger partial charge on any atom is 0.246 e. The van der Waals surface area contributed by atoms with Crippen LogP contribution in [0.25, 0.3) is 22.3 Å². The van der Waals surface area contributed by atoms with Crippen LogP contribution in [0.2, 0.25) is 0 Å². The summed E-state index contributed by atoms with van der Waals surface area (Å²) in [5.41, 5.74) is 3.41. The monoisotopic (exact) mass is 454 g/mol. The molecule has 0 bridgehead atoms. The fourth-order valence-corrected chi connectivity index (χ4v) is 4.51. The van der Waals surface area contributed by atoms with Crippen LogP contribution in [0.15, 0.2) is 47.8 Å². The van der Waals surface area contributed by atoms with E-state index in [1.54, 1.807) is 26.0 Å². The Morgan fingerprint density at radius 3 is 2.77 bits per heavy atom. The lowest BCUT2D eigenvalue weighted by molar-refractivity contribution is -0.116. The van der Waals surface area contributed by atoms with E-state index in [2.05, 4.69) is 15.3 Å². The number of rotatable bonds is 8. The van der Waals surface area contributed by atoms with Crippen molar-refractivity contribution in [3.05, 3.63) is 53.7 Å². The van der Waals surface area contributed by atoms with Gasteiger partial charge in [-0.05, 0) is 30.5 Å². The minimum absolute atomic E-state index is 0.145. The molecule has 2 aromatic heterocycles. The van der Waals surface area contributed by atoms with Gasteiger partial charge < -0.3 is 19.4 Å². The van der Waals surface area contributed by atoms with Crippen molar-refractivity contribution in [2.45, 2.75) is 12.3 Å². The maximum absolute atomic E-state index is 12.8. The van der Waals surface area contributed by atoms with Gasteiger partial charge in [0, 0.05) is 17.0 Å². The number of benzene rings is 2. The minimum atomic E-state index is -0.145. The number of fused-ring (bicyclic) bond motifs is 1. The Hall–Kier alpha value is -3.04. The Morgan fingerprint density at radius 1 is 1.16 bits per heavy atom. The molecule has 160 valence electrons. The van der Waals surface area contributed by atoms with E-state index in [4.69, 9.17) is 9.47 Å². The highest BCUT2D eigenvalue weighted by atomic mass is 32.2. The molecule has 0 radical (unpaired) electrons. The highest BCUT2D eigenvalue weighted by Gasteiger charge is 2.16. The number of carbonyl (C=O) groups is 1. The molecule has 9 heteroatoms. The summed E-state index contributed by atoms with van der Waals surface area (Å²) in [5.74, 6) is 2.84. The average molecular weight is 455 g/mol. The van der Waals surface area contributed by atoms with Crippen molar-refractivity contribution < 1.29 is 14.3 Å². The predicted octanol–water partition coefficient (Wildman–Crippen LogP) is 4.68. The first-order valence-electron chi connectivity index (χ1n) is 9.53. The minimum Gasteiger partial charge on any atom is -0.497 e. The number of para-hydroxylation sites is 2. The van der Waals surface area contributed by atoms with Crippen molar-refractivity contribution in [1.82, 2.24) is 14.5 Å². The summed E-state index contributed by atoms with van der Waals surface area (Å²) in [4.78, 5) is 22.0. The van der Waals surface area contributed by atoms with Gasteiger partial charge in [-0.15, -0.1) is 11.3 Å². The summed E-state index contributed by atoms with van der Waals surface area (Å²) in [5, 5.41) is 5.34. The van der Waals surface area contributed by atoms with Gasteiger partial charge in [0.25, 0.3) is 0 Å². The molecule has 0 saturated heterocycles. The fourth-order valence-electron chi connectivity index (χ4n) is 3.31. The van der Waals surface area contributed by atoms with Crippen LogP contribution >= 0.6 is 23.1 Å². The molecule has 4 aromatic rings. The number of aromatic nitrogens is 3. The Labute approximate surface area is 188 Å². The first kappa shape index (κ1) is 21.2. The molecule has 31 heavy (non-hydrogen) atoms. The summed E-state index contributed by atoms with van der Waals surface area (Å²) in [7, 11) is 3.22. The number of carbonyl (C=O) groups excluding carboxylic acids is 1. The molecule has 0 atom stereocenters. The molecular formula is C22H22N4O3S2. The van der Waals surface area contributed by atoms with Gasteiger partial charge in [-0.2, -0.15) is 11.8 Å². The molecule has 0 saturated carbocycles. The third kappa shape index (κ3) is 4.52. The lowest BCUT2D eigenvalue weighted by Crippen LogP contribution is -2.20. The standard InChI is InChI=1S/C22H22N4O3S2/c1-28-14-8-9-15(19(10-14)29-2)17-12-31-22(24-17)25-21(27)11-26-18-7-5-4-6-16(18)23-20(26)13-30-3/h4-10,12H,11,13H2,1-3H3,(H,24,25,27). The zero-order valence-electron chi connectivity index (χ0n) is 17.4. The molecule has 0 aliphatic heterocycles. The molecule has 0 unspecified atom stereocenters. The number of thioether (sulfide) groups is 1. The number of imidazole rings is 1. The van der Waals surface area contributed by atoms with Crippen LogP contribution in [0.3, 0.4) is 0 Å². The van der Waals surface area contributed by atoms with Crippen LogP contribution in [0.4, 0.5) is 5.13 Å². The van der Waals surface area contributed by atoms with Crippen molar-refractivity contribution in [2.75, 3.05) is 25.8 Å². The van der Waals surface area contributed by atoms with E-state index in [-0.39, 0.29) is 12.5 Å². The van der Waals surface area contributed by atoms with Gasteiger partial charge in [0.2, 0.25) is 5.91 Å². The first-order chi connectivity index (χ1) is 15.1. The second kappa shape index (κ2) is 9.40. The zero-order valence-corrected chi connectivity index (χ0v) is 19.0. The van der Waals surface area contributed by atoms with Gasteiger partial charge >= 0.3 is 0 Å². The number of hydrogen-bond donors (Lipinski definition) is 1. The summed E-state index contributed by atoms with van der Waals surface area (Å²) >= 11 is 3.05. The number of anilines is 1. The molecule has 0 aliphatic carbocycles. The Kier molecular flexibility index (Phi) is 6.43. The van der Waals surface area contributed by atoms with Gasteiger partial charge in [0.05, 0.1) is 36.7 Å². The lowest BCUT2D eigenvalue weighted by Gasteiger charge is -2.09. The van der Waals surface area contributed by atoms with Crippen LogP contribution in [-0.2, 0) is 17.1 Å². The second-order valence-corrected chi connectivity index (χ2v) is 8.41. The number of amides is 1. The molecule has 0 fully saturated rings. The van der Waals surface area contributed by atoms with Crippen molar-refractivity contribution in [2.24, 2.45) is 0 Å². The zero-order chi connectivity index (χ0) is 21.8. The second-order valence-electron chi connectivity index (χ2n) is 6.69. The third-order valence-corrected chi connectivity index (χ3v) is 6.05. The van der Waals surface area contributed by atoms with Gasteiger partial charge in [-0.25, -0.2) is 9.97 Å². The van der Waals surface area contributed by atoms with E-state index in [1.165, 1.54) is 11.3 Å². The van der Waals surface area contributed by atoms with E-state index >= 15 is 0 Å². The number of ether oxygens (including phenoxy) is 2. The summed E-state index contributed by atoms with van der Waals surface area (Å²) < 4.78 is 12.7. The SMILES string of the molecule is COc1ccc(-c2csc(NC(=O)Cn3c(CSC)nc4ccccc43)n2)c(OC)c1. The van der Waals surface area contributed by atoms with E-state index in [0.29, 0.717) is 16.6 Å². The summed E-state index contributed by atoms with van der Waals surface area (Å²) in [6, 6.07) is 13.4. The predicted molar refractivity (Wildman–Crippen MR) is 126 cm³/mol. The van der Waals surface area contributed by atoms with Gasteiger partial charge in [0.15, 0.2) is 5.13 Å². The first-order valence-corrected chi connectivity index (χ1v) is 11.8. The van der Waals surface area contributed by atoms with Gasteiger partial charge in [0.1, 0.15) is 23.9 Å². The highest BCUT2D eigenvalue weighted by molar-refractivity contribution is 7.97. The highest BCUT2D eigenvalue weighted by Crippen LogP contribution is 2.34. The van der Waals surface area contributed by atoms with Crippen LogP contribution in [0.5, 0.6) is 11.5 Å². The fraction of sp³-hybridized carbons (Fsp3) is 0.227. The molecule has 4 rings (SSSR count). The third-order valence-electron chi connectivity index (χ3n) is 4.74. The number of methoxy groups -OCH3 is 2. The van der Waals surface area contributed by atoms with E-state index < -0.39 is 0 Å². The van der Waals surface area contributed by atoms with E-state index in [9.17, 15) is 4.79 Å². The molecule has 2 heterocycles. The topological polar surface area (TPSA) is 78.3 Å². The van der Waals surface area contributed by atoms with E-state index in [1.807, 2.05) is 58.7 Å². The van der Waals surface area contributed by atoms with Gasteiger partial charge in [-0.1, -0.05) is 12.1 Å². The molecule has 1 N–H and O–H groups in total. The molecule has 0 spiro atoms. The number of thiazole rings is 1.